The Balaban J connectivity index is -0.0000000553. The van der Waals surface area contributed by atoms with Gasteiger partial charge in [0, 0.05) is 0 Å². The standard InChI is InChI=1S/C4H11NO.C4H8.C3H8.CH4/c1-4(2,3)6-5;1-3-4-2;1-3-2;/h5H2,1-3H3;3H,1,4H2,2H3;3H2,1-2H3;1H4. The number of nitrogens with two attached hydrogens (primary N) is 1. The molecule has 0 aliphatic carbocycles. The van der Waals surface area contributed by atoms with Gasteiger partial charge in [0.25, 0.3) is 0 Å². The zero-order valence-electron chi connectivity index (χ0n) is 10.2. The molecule has 0 saturated carbocycles. The molecule has 0 heterocycles. The van der Waals surface area contributed by atoms with Crippen molar-refractivity contribution in [3.05, 3.63) is 12.7 Å². The van der Waals surface area contributed by atoms with E-state index >= 15 is 0 Å². The molecule has 0 unspecified atom stereocenters. The molecule has 0 fully saturated rings. The quantitative estimate of drug-likeness (QED) is 0.511. The summed E-state index contributed by atoms with van der Waals surface area (Å²) in [6.45, 7) is 15.5. The van der Waals surface area contributed by atoms with Crippen LogP contribution in [0.3, 0.4) is 0 Å². The zero-order chi connectivity index (χ0) is 11.3. The lowest BCUT2D eigenvalue weighted by molar-refractivity contribution is -0.00428. The van der Waals surface area contributed by atoms with E-state index in [1.54, 1.807) is 0 Å². The van der Waals surface area contributed by atoms with Crippen molar-refractivity contribution >= 4 is 0 Å². The van der Waals surface area contributed by atoms with Gasteiger partial charge in [-0.1, -0.05) is 40.7 Å². The highest BCUT2D eigenvalue weighted by Crippen LogP contribution is 2.00. The summed E-state index contributed by atoms with van der Waals surface area (Å²) in [5.41, 5.74) is -0.181. The van der Waals surface area contributed by atoms with Crippen molar-refractivity contribution in [2.75, 3.05) is 0 Å². The zero-order valence-corrected chi connectivity index (χ0v) is 10.2. The number of rotatable bonds is 1. The lowest BCUT2D eigenvalue weighted by Gasteiger charge is -2.12. The first kappa shape index (κ1) is 23.5. The minimum atomic E-state index is -0.181. The first-order chi connectivity index (χ1) is 5.89. The van der Waals surface area contributed by atoms with Gasteiger partial charge in [-0.15, -0.1) is 6.58 Å². The molecule has 0 aromatic carbocycles. The molecule has 0 rings (SSSR count). The molecule has 90 valence electrons. The van der Waals surface area contributed by atoms with Crippen LogP contribution in [0.25, 0.3) is 0 Å². The molecular formula is C12H31NO. The SMILES string of the molecule is C.C=CCC.CC(C)(C)ON.CCC. The second kappa shape index (κ2) is 18.4. The number of hydrogen-bond acceptors (Lipinski definition) is 2. The fourth-order valence-corrected chi connectivity index (χ4v) is 0. The van der Waals surface area contributed by atoms with Crippen LogP contribution in [0, 0.1) is 0 Å². The predicted molar refractivity (Wildman–Crippen MR) is 68.2 cm³/mol. The summed E-state index contributed by atoms with van der Waals surface area (Å²) in [6.07, 6.45) is 4.21. The largest absolute Gasteiger partial charge is 0.299 e. The Labute approximate surface area is 91.5 Å². The van der Waals surface area contributed by atoms with Gasteiger partial charge in [0.05, 0.1) is 5.60 Å². The first-order valence-electron chi connectivity index (χ1n) is 4.88. The van der Waals surface area contributed by atoms with Crippen molar-refractivity contribution in [2.45, 2.75) is 67.4 Å². The second-order valence-corrected chi connectivity index (χ2v) is 3.63. The monoisotopic (exact) mass is 205 g/mol. The molecule has 0 aliphatic heterocycles. The maximum absolute atomic E-state index is 4.81. The highest BCUT2D eigenvalue weighted by atomic mass is 16.6. The maximum Gasteiger partial charge on any atom is 0.0810 e. The molecule has 0 amide bonds. The van der Waals surface area contributed by atoms with E-state index in [0.717, 1.165) is 6.42 Å². The summed E-state index contributed by atoms with van der Waals surface area (Å²) in [6, 6.07) is 0. The van der Waals surface area contributed by atoms with Gasteiger partial charge in [-0.3, -0.25) is 4.84 Å². The van der Waals surface area contributed by atoms with Crippen LogP contribution in [0.1, 0.15) is 61.8 Å². The summed E-state index contributed by atoms with van der Waals surface area (Å²) in [5, 5.41) is 0. The van der Waals surface area contributed by atoms with Crippen molar-refractivity contribution in [2.24, 2.45) is 5.90 Å². The maximum atomic E-state index is 4.81. The first-order valence-corrected chi connectivity index (χ1v) is 4.88. The average Bonchev–Trinajstić information content (AvgIpc) is 2.05. The highest BCUT2D eigenvalue weighted by molar-refractivity contribution is 4.60. The molecule has 0 bridgehead atoms. The normalized spacial score (nSPS) is 8.21. The molecule has 2 heteroatoms. The molecular weight excluding hydrogens is 174 g/mol. The smallest absolute Gasteiger partial charge is 0.0810 e. The molecule has 0 aromatic heterocycles. The molecule has 2 N–H and O–H groups in total. The number of allylic oxidation sites excluding steroid dienone is 1. The molecule has 0 spiro atoms. The molecule has 0 aliphatic rings. The molecule has 2 nitrogen and oxygen atoms in total. The lowest BCUT2D eigenvalue weighted by atomic mass is 10.2. The van der Waals surface area contributed by atoms with Crippen LogP contribution in [-0.2, 0) is 4.84 Å². The van der Waals surface area contributed by atoms with Crippen LogP contribution in [0.5, 0.6) is 0 Å². The van der Waals surface area contributed by atoms with Gasteiger partial charge in [0.1, 0.15) is 0 Å². The minimum Gasteiger partial charge on any atom is -0.299 e. The van der Waals surface area contributed by atoms with Crippen molar-refractivity contribution in [1.29, 1.82) is 0 Å². The van der Waals surface area contributed by atoms with Gasteiger partial charge in [0.2, 0.25) is 0 Å². The van der Waals surface area contributed by atoms with E-state index in [2.05, 4.69) is 32.2 Å². The van der Waals surface area contributed by atoms with E-state index in [1.165, 1.54) is 6.42 Å². The Hall–Kier alpha value is -0.340. The summed E-state index contributed by atoms with van der Waals surface area (Å²) in [4.78, 5) is 4.44. The summed E-state index contributed by atoms with van der Waals surface area (Å²) >= 11 is 0. The van der Waals surface area contributed by atoms with E-state index in [9.17, 15) is 0 Å². The van der Waals surface area contributed by atoms with Crippen LogP contribution >= 0.6 is 0 Å². The van der Waals surface area contributed by atoms with Crippen LogP contribution in [-0.4, -0.2) is 5.60 Å². The average molecular weight is 205 g/mol. The molecule has 14 heavy (non-hydrogen) atoms. The highest BCUT2D eigenvalue weighted by Gasteiger charge is 2.05. The third-order valence-electron chi connectivity index (χ3n) is 0.642. The summed E-state index contributed by atoms with van der Waals surface area (Å²) < 4.78 is 0. The van der Waals surface area contributed by atoms with E-state index in [-0.39, 0.29) is 13.0 Å². The third kappa shape index (κ3) is 98.9. The number of hydrogen-bond donors (Lipinski definition) is 1. The van der Waals surface area contributed by atoms with E-state index in [0.29, 0.717) is 0 Å². The topological polar surface area (TPSA) is 35.2 Å². The van der Waals surface area contributed by atoms with Gasteiger partial charge in [0.15, 0.2) is 0 Å². The third-order valence-corrected chi connectivity index (χ3v) is 0.642. The van der Waals surface area contributed by atoms with Gasteiger partial charge < -0.3 is 0 Å². The Morgan fingerprint density at radius 1 is 1.21 bits per heavy atom. The van der Waals surface area contributed by atoms with E-state index in [1.807, 2.05) is 26.8 Å². The predicted octanol–water partition coefficient (Wildman–Crippen LogP) is 4.31. The van der Waals surface area contributed by atoms with Crippen molar-refractivity contribution in [3.8, 4) is 0 Å². The van der Waals surface area contributed by atoms with Crippen molar-refractivity contribution in [1.82, 2.24) is 0 Å². The van der Waals surface area contributed by atoms with Gasteiger partial charge in [-0.2, -0.15) is 0 Å². The molecule has 0 radical (unpaired) electrons. The Bertz CT molecular complexity index is 84.8. The van der Waals surface area contributed by atoms with Crippen LogP contribution in [0.4, 0.5) is 0 Å². The van der Waals surface area contributed by atoms with Crippen molar-refractivity contribution < 1.29 is 4.84 Å². The Kier molecular flexibility index (Phi) is 30.9. The van der Waals surface area contributed by atoms with Crippen molar-refractivity contribution in [3.63, 3.8) is 0 Å². The summed E-state index contributed by atoms with van der Waals surface area (Å²) in [5.74, 6) is 4.81. The van der Waals surface area contributed by atoms with E-state index in [4.69, 9.17) is 5.90 Å². The Morgan fingerprint density at radius 2 is 1.36 bits per heavy atom. The van der Waals surface area contributed by atoms with Gasteiger partial charge in [-0.25, -0.2) is 5.90 Å². The Morgan fingerprint density at radius 3 is 1.36 bits per heavy atom. The molecule has 0 atom stereocenters. The van der Waals surface area contributed by atoms with Gasteiger partial charge >= 0.3 is 0 Å². The fourth-order valence-electron chi connectivity index (χ4n) is 0. The van der Waals surface area contributed by atoms with Gasteiger partial charge in [-0.05, 0) is 27.2 Å². The lowest BCUT2D eigenvalue weighted by Crippen LogP contribution is -2.22. The van der Waals surface area contributed by atoms with Crippen LogP contribution < -0.4 is 5.90 Å². The fraction of sp³-hybridized carbons (Fsp3) is 0.833. The second-order valence-electron chi connectivity index (χ2n) is 3.63. The molecule has 0 aromatic rings. The minimum absolute atomic E-state index is 0. The molecule has 0 saturated heterocycles. The van der Waals surface area contributed by atoms with Crippen LogP contribution in [0.2, 0.25) is 0 Å². The van der Waals surface area contributed by atoms with E-state index < -0.39 is 0 Å². The summed E-state index contributed by atoms with van der Waals surface area (Å²) in [7, 11) is 0. The van der Waals surface area contributed by atoms with Crippen LogP contribution in [0.15, 0.2) is 12.7 Å².